The Kier molecular flexibility index (Phi) is 4.33. The minimum atomic E-state index is -3.65. The maximum atomic E-state index is 11.9. The number of aryl methyl sites for hydroxylation is 1. The highest BCUT2D eigenvalue weighted by atomic mass is 32.2. The van der Waals surface area contributed by atoms with Crippen LogP contribution in [0.2, 0.25) is 0 Å². The van der Waals surface area contributed by atoms with Gasteiger partial charge in [-0.25, -0.2) is 0 Å². The molecule has 0 amide bonds. The molecule has 0 aliphatic heterocycles. The van der Waals surface area contributed by atoms with Gasteiger partial charge >= 0.3 is 0 Å². The Morgan fingerprint density at radius 3 is 2.06 bits per heavy atom. The molecule has 0 atom stereocenters. The Morgan fingerprint density at radius 1 is 1.12 bits per heavy atom. The summed E-state index contributed by atoms with van der Waals surface area (Å²) >= 11 is 0. The van der Waals surface area contributed by atoms with E-state index in [1.165, 1.54) is 0 Å². The van der Waals surface area contributed by atoms with Crippen molar-refractivity contribution >= 4 is 10.1 Å². The third-order valence-corrected chi connectivity index (χ3v) is 3.68. The van der Waals surface area contributed by atoms with Crippen LogP contribution in [-0.4, -0.2) is 14.0 Å². The van der Waals surface area contributed by atoms with Crippen molar-refractivity contribution in [2.24, 2.45) is 0 Å². The van der Waals surface area contributed by atoms with Gasteiger partial charge in [-0.3, -0.25) is 4.18 Å². The highest BCUT2D eigenvalue weighted by molar-refractivity contribution is 7.86. The highest BCUT2D eigenvalue weighted by Gasteiger charge is 2.23. The summed E-state index contributed by atoms with van der Waals surface area (Å²) in [5, 5.41) is 0. The molecule has 0 aliphatic carbocycles. The van der Waals surface area contributed by atoms with E-state index < -0.39 is 15.7 Å². The zero-order valence-corrected chi connectivity index (χ0v) is 11.7. The van der Waals surface area contributed by atoms with Gasteiger partial charge in [0.25, 0.3) is 10.1 Å². The van der Waals surface area contributed by atoms with Gasteiger partial charge in [-0.05, 0) is 44.9 Å². The molecule has 0 N–H and O–H groups in total. The first-order chi connectivity index (χ1) is 7.74. The molecule has 0 spiro atoms. The fourth-order valence-electron chi connectivity index (χ4n) is 1.49. The second-order valence-corrected chi connectivity index (χ2v) is 6.59. The quantitative estimate of drug-likeness (QED) is 0.777. The topological polar surface area (TPSA) is 43.4 Å². The van der Waals surface area contributed by atoms with Gasteiger partial charge in [0.1, 0.15) is 0 Å². The molecule has 4 heteroatoms. The summed E-state index contributed by atoms with van der Waals surface area (Å²) in [6.45, 7) is 7.25. The highest BCUT2D eigenvalue weighted by Crippen LogP contribution is 2.20. The molecular formula is C13H20O3S. The first-order valence-electron chi connectivity index (χ1n) is 5.79. The Hall–Kier alpha value is -0.870. The van der Waals surface area contributed by atoms with Crippen molar-refractivity contribution in [3.05, 3.63) is 29.8 Å². The molecule has 1 aromatic carbocycles. The fraction of sp³-hybridized carbons (Fsp3) is 0.538. The minimum Gasteiger partial charge on any atom is -0.261 e. The van der Waals surface area contributed by atoms with Crippen LogP contribution in [0.25, 0.3) is 0 Å². The minimum absolute atomic E-state index is 0.215. The van der Waals surface area contributed by atoms with E-state index in [2.05, 4.69) is 6.92 Å². The van der Waals surface area contributed by atoms with Gasteiger partial charge in [0.2, 0.25) is 0 Å². The molecule has 1 rings (SSSR count). The van der Waals surface area contributed by atoms with Crippen LogP contribution in [0.5, 0.6) is 0 Å². The third kappa shape index (κ3) is 4.48. The molecular weight excluding hydrogens is 236 g/mol. The zero-order chi connectivity index (χ0) is 13.1. The summed E-state index contributed by atoms with van der Waals surface area (Å²) in [4.78, 5) is 0.215. The average molecular weight is 256 g/mol. The molecule has 0 saturated heterocycles. The van der Waals surface area contributed by atoms with Gasteiger partial charge in [0.15, 0.2) is 0 Å². The molecule has 0 radical (unpaired) electrons. The van der Waals surface area contributed by atoms with Crippen molar-refractivity contribution in [2.75, 3.05) is 0 Å². The van der Waals surface area contributed by atoms with Crippen LogP contribution in [0.3, 0.4) is 0 Å². The molecule has 0 aromatic heterocycles. The monoisotopic (exact) mass is 256 g/mol. The zero-order valence-electron chi connectivity index (χ0n) is 10.9. The number of hydrogen-bond acceptors (Lipinski definition) is 3. The average Bonchev–Trinajstić information content (AvgIpc) is 2.15. The number of benzene rings is 1. The predicted octanol–water partition coefficient (Wildman–Crippen LogP) is 3.14. The van der Waals surface area contributed by atoms with Crippen molar-refractivity contribution in [3.8, 4) is 0 Å². The first kappa shape index (κ1) is 14.2. The normalized spacial score (nSPS) is 12.7. The van der Waals surface area contributed by atoms with Gasteiger partial charge in [0.05, 0.1) is 10.5 Å². The van der Waals surface area contributed by atoms with E-state index in [1.807, 2.05) is 12.1 Å². The van der Waals surface area contributed by atoms with E-state index in [0.29, 0.717) is 0 Å². The summed E-state index contributed by atoms with van der Waals surface area (Å²) in [5.74, 6) is 0. The van der Waals surface area contributed by atoms with Crippen LogP contribution < -0.4 is 0 Å². The van der Waals surface area contributed by atoms with Gasteiger partial charge < -0.3 is 0 Å². The summed E-state index contributed by atoms with van der Waals surface area (Å²) in [6.07, 6.45) is 2.01. The Morgan fingerprint density at radius 2 is 1.65 bits per heavy atom. The molecule has 3 nitrogen and oxygen atoms in total. The predicted molar refractivity (Wildman–Crippen MR) is 68.5 cm³/mol. The largest absolute Gasteiger partial charge is 0.297 e. The van der Waals surface area contributed by atoms with E-state index in [9.17, 15) is 8.42 Å². The van der Waals surface area contributed by atoms with E-state index in [4.69, 9.17) is 4.18 Å². The smallest absolute Gasteiger partial charge is 0.261 e. The van der Waals surface area contributed by atoms with Crippen LogP contribution in [0.15, 0.2) is 29.2 Å². The molecule has 0 fully saturated rings. The Labute approximate surface area is 104 Å². The molecule has 96 valence electrons. The van der Waals surface area contributed by atoms with Crippen LogP contribution in [0.1, 0.15) is 39.7 Å². The van der Waals surface area contributed by atoms with E-state index >= 15 is 0 Å². The first-order valence-corrected chi connectivity index (χ1v) is 7.20. The lowest BCUT2D eigenvalue weighted by atomic mass is 10.1. The third-order valence-electron chi connectivity index (χ3n) is 2.11. The van der Waals surface area contributed by atoms with Crippen molar-refractivity contribution in [3.63, 3.8) is 0 Å². The summed E-state index contributed by atoms with van der Waals surface area (Å²) in [7, 11) is -3.65. The molecule has 0 saturated carbocycles. The standard InChI is InChI=1S/C13H20O3S/c1-5-6-11-7-9-12(10-8-11)17(14,15)16-13(2,3)4/h7-10H,5-6H2,1-4H3. The summed E-state index contributed by atoms with van der Waals surface area (Å²) < 4.78 is 28.9. The Bertz CT molecular complexity index is 452. The summed E-state index contributed by atoms with van der Waals surface area (Å²) in [5.41, 5.74) is 0.434. The number of rotatable bonds is 4. The van der Waals surface area contributed by atoms with Crippen LogP contribution in [0.4, 0.5) is 0 Å². The van der Waals surface area contributed by atoms with Gasteiger partial charge in [0, 0.05) is 0 Å². The fourth-order valence-corrected chi connectivity index (χ4v) is 2.71. The number of hydrogen-bond donors (Lipinski definition) is 0. The van der Waals surface area contributed by atoms with E-state index in [-0.39, 0.29) is 4.90 Å². The lowest BCUT2D eigenvalue weighted by molar-refractivity contribution is 0.139. The van der Waals surface area contributed by atoms with Crippen molar-refractivity contribution < 1.29 is 12.6 Å². The van der Waals surface area contributed by atoms with Gasteiger partial charge in [-0.15, -0.1) is 0 Å². The lowest BCUT2D eigenvalue weighted by Crippen LogP contribution is -2.24. The van der Waals surface area contributed by atoms with Crippen LogP contribution in [0, 0.1) is 0 Å². The Balaban J connectivity index is 2.93. The SMILES string of the molecule is CCCc1ccc(S(=O)(=O)OC(C)(C)C)cc1. The lowest BCUT2D eigenvalue weighted by Gasteiger charge is -2.18. The van der Waals surface area contributed by atoms with Crippen molar-refractivity contribution in [2.45, 2.75) is 51.0 Å². The van der Waals surface area contributed by atoms with Crippen LogP contribution >= 0.6 is 0 Å². The maximum Gasteiger partial charge on any atom is 0.297 e. The van der Waals surface area contributed by atoms with Crippen LogP contribution in [-0.2, 0) is 20.7 Å². The summed E-state index contributed by atoms with van der Waals surface area (Å²) in [6, 6.07) is 6.88. The van der Waals surface area contributed by atoms with Crippen molar-refractivity contribution in [1.29, 1.82) is 0 Å². The molecule has 1 aromatic rings. The van der Waals surface area contributed by atoms with Gasteiger partial charge in [-0.2, -0.15) is 8.42 Å². The molecule has 0 heterocycles. The second-order valence-electron chi connectivity index (χ2n) is 5.04. The molecule has 0 aliphatic rings. The maximum absolute atomic E-state index is 11.9. The molecule has 0 unspecified atom stereocenters. The molecule has 17 heavy (non-hydrogen) atoms. The van der Waals surface area contributed by atoms with E-state index in [1.54, 1.807) is 32.9 Å². The van der Waals surface area contributed by atoms with E-state index in [0.717, 1.165) is 18.4 Å². The second kappa shape index (κ2) is 5.19. The van der Waals surface area contributed by atoms with Gasteiger partial charge in [-0.1, -0.05) is 25.5 Å². The van der Waals surface area contributed by atoms with Crippen molar-refractivity contribution in [1.82, 2.24) is 0 Å². The molecule has 0 bridgehead atoms.